The normalized spacial score (nSPS) is 31.4. The van der Waals surface area contributed by atoms with Gasteiger partial charge in [-0.1, -0.05) is 12.1 Å². The van der Waals surface area contributed by atoms with E-state index in [9.17, 15) is 0 Å². The standard InChI is InChI=1S/C26H42N4OS/c1-32-25-7-3-2-6-24(25)30-26(28-18-23-5-4-16-31-23)29-22-14-10-20(11-15-22)17-19-8-12-21(27)13-9-19/h2-3,6-7,19-23H,4-5,8-18,27H2,1H3,(H2,28,29,30). The number of ether oxygens (including phenoxy) is 1. The number of hydrogen-bond acceptors (Lipinski definition) is 4. The smallest absolute Gasteiger partial charge is 0.196 e. The summed E-state index contributed by atoms with van der Waals surface area (Å²) >= 11 is 1.77. The molecule has 2 saturated carbocycles. The SMILES string of the molecule is CSc1ccccc1NC(=NCC1CCCO1)NC1CCC(CC2CCC(N)CC2)CC1. The molecule has 0 bridgehead atoms. The van der Waals surface area contributed by atoms with Crippen molar-refractivity contribution in [2.45, 2.75) is 93.7 Å². The first-order valence-electron chi connectivity index (χ1n) is 12.8. The zero-order valence-electron chi connectivity index (χ0n) is 19.7. The van der Waals surface area contributed by atoms with Crippen molar-refractivity contribution in [3.63, 3.8) is 0 Å². The van der Waals surface area contributed by atoms with E-state index in [1.54, 1.807) is 11.8 Å². The number of nitrogens with zero attached hydrogens (tertiary/aromatic N) is 1. The van der Waals surface area contributed by atoms with Crippen LogP contribution < -0.4 is 16.4 Å². The zero-order chi connectivity index (χ0) is 22.2. The highest BCUT2D eigenvalue weighted by Crippen LogP contribution is 2.35. The van der Waals surface area contributed by atoms with Gasteiger partial charge in [0.05, 0.1) is 18.3 Å². The Kier molecular flexibility index (Phi) is 9.18. The van der Waals surface area contributed by atoms with Gasteiger partial charge < -0.3 is 21.1 Å². The number of hydrogen-bond donors (Lipinski definition) is 3. The number of guanidine groups is 1. The Hall–Kier alpha value is -1.24. The highest BCUT2D eigenvalue weighted by molar-refractivity contribution is 7.98. The molecule has 1 aromatic rings. The largest absolute Gasteiger partial charge is 0.376 e. The maximum atomic E-state index is 6.10. The monoisotopic (exact) mass is 458 g/mol. The van der Waals surface area contributed by atoms with Crippen LogP contribution in [0.1, 0.15) is 70.6 Å². The van der Waals surface area contributed by atoms with Gasteiger partial charge in [-0.05, 0) is 101 Å². The molecule has 0 spiro atoms. The highest BCUT2D eigenvalue weighted by atomic mass is 32.2. The Morgan fingerprint density at radius 1 is 1.03 bits per heavy atom. The molecular formula is C26H42N4OS. The summed E-state index contributed by atoms with van der Waals surface area (Å²) in [7, 11) is 0. The Morgan fingerprint density at radius 2 is 1.75 bits per heavy atom. The van der Waals surface area contributed by atoms with Crippen LogP contribution in [0.4, 0.5) is 5.69 Å². The number of rotatable bonds is 7. The van der Waals surface area contributed by atoms with Gasteiger partial charge in [0.2, 0.25) is 0 Å². The molecule has 1 heterocycles. The minimum absolute atomic E-state index is 0.267. The lowest BCUT2D eigenvalue weighted by Gasteiger charge is -2.34. The highest BCUT2D eigenvalue weighted by Gasteiger charge is 2.27. The number of benzene rings is 1. The van der Waals surface area contributed by atoms with Gasteiger partial charge in [0.1, 0.15) is 0 Å². The van der Waals surface area contributed by atoms with Gasteiger partial charge in [0, 0.05) is 23.6 Å². The molecule has 3 aliphatic rings. The van der Waals surface area contributed by atoms with Gasteiger partial charge in [0.15, 0.2) is 5.96 Å². The van der Waals surface area contributed by atoms with E-state index in [0.717, 1.165) is 49.5 Å². The average molecular weight is 459 g/mol. The molecule has 1 aliphatic heterocycles. The minimum Gasteiger partial charge on any atom is -0.376 e. The lowest BCUT2D eigenvalue weighted by Crippen LogP contribution is -2.42. The van der Waals surface area contributed by atoms with Crippen LogP contribution in [0.2, 0.25) is 0 Å². The van der Waals surface area contributed by atoms with Crippen LogP contribution in [0.5, 0.6) is 0 Å². The van der Waals surface area contributed by atoms with Crippen molar-refractivity contribution < 1.29 is 4.74 Å². The van der Waals surface area contributed by atoms with Gasteiger partial charge in [-0.25, -0.2) is 0 Å². The van der Waals surface area contributed by atoms with Crippen molar-refractivity contribution in [3.05, 3.63) is 24.3 Å². The molecule has 1 unspecified atom stereocenters. The molecule has 6 heteroatoms. The Labute approximate surface area is 198 Å². The fraction of sp³-hybridized carbons (Fsp3) is 0.731. The predicted molar refractivity (Wildman–Crippen MR) is 137 cm³/mol. The van der Waals surface area contributed by atoms with Crippen molar-refractivity contribution in [1.29, 1.82) is 0 Å². The number of nitrogens with one attached hydrogen (secondary N) is 2. The lowest BCUT2D eigenvalue weighted by molar-refractivity contribution is 0.117. The molecule has 4 rings (SSSR count). The molecular weight excluding hydrogens is 416 g/mol. The molecule has 4 N–H and O–H groups in total. The molecule has 1 atom stereocenters. The molecule has 32 heavy (non-hydrogen) atoms. The fourth-order valence-corrected chi connectivity index (χ4v) is 6.16. The van der Waals surface area contributed by atoms with Crippen LogP contribution in [-0.2, 0) is 4.74 Å². The maximum absolute atomic E-state index is 6.10. The van der Waals surface area contributed by atoms with Crippen LogP contribution in [0.25, 0.3) is 0 Å². The molecule has 1 aromatic carbocycles. The molecule has 3 fully saturated rings. The fourth-order valence-electron chi connectivity index (χ4n) is 5.61. The molecule has 5 nitrogen and oxygen atoms in total. The van der Waals surface area contributed by atoms with Crippen LogP contribution in [0.3, 0.4) is 0 Å². The third-order valence-electron chi connectivity index (χ3n) is 7.58. The number of aliphatic imine (C=N–C) groups is 1. The molecule has 178 valence electrons. The summed E-state index contributed by atoms with van der Waals surface area (Å²) in [4.78, 5) is 6.18. The zero-order valence-corrected chi connectivity index (χ0v) is 20.5. The van der Waals surface area contributed by atoms with Gasteiger partial charge in [-0.15, -0.1) is 11.8 Å². The maximum Gasteiger partial charge on any atom is 0.196 e. The Morgan fingerprint density at radius 3 is 2.44 bits per heavy atom. The van der Waals surface area contributed by atoms with E-state index in [1.165, 1.54) is 62.7 Å². The van der Waals surface area contributed by atoms with Crippen LogP contribution >= 0.6 is 11.8 Å². The second-order valence-corrected chi connectivity index (χ2v) is 10.9. The number of anilines is 1. The van der Waals surface area contributed by atoms with E-state index < -0.39 is 0 Å². The number of nitrogens with two attached hydrogens (primary N) is 1. The van der Waals surface area contributed by atoms with Crippen molar-refractivity contribution in [2.24, 2.45) is 22.6 Å². The van der Waals surface area contributed by atoms with Crippen molar-refractivity contribution in [2.75, 3.05) is 24.7 Å². The van der Waals surface area contributed by atoms with Gasteiger partial charge >= 0.3 is 0 Å². The van der Waals surface area contributed by atoms with E-state index in [0.29, 0.717) is 12.1 Å². The molecule has 0 radical (unpaired) electrons. The van der Waals surface area contributed by atoms with Crippen LogP contribution in [0.15, 0.2) is 34.2 Å². The van der Waals surface area contributed by atoms with E-state index in [4.69, 9.17) is 15.5 Å². The van der Waals surface area contributed by atoms with Gasteiger partial charge in [-0.3, -0.25) is 4.99 Å². The van der Waals surface area contributed by atoms with Crippen molar-refractivity contribution >= 4 is 23.4 Å². The van der Waals surface area contributed by atoms with Crippen molar-refractivity contribution in [3.8, 4) is 0 Å². The summed E-state index contributed by atoms with van der Waals surface area (Å²) in [5, 5.41) is 7.37. The van der Waals surface area contributed by atoms with E-state index in [-0.39, 0.29) is 6.10 Å². The van der Waals surface area contributed by atoms with E-state index in [1.807, 2.05) is 0 Å². The summed E-state index contributed by atoms with van der Waals surface area (Å²) in [5.74, 6) is 2.72. The van der Waals surface area contributed by atoms with Crippen LogP contribution in [0, 0.1) is 11.8 Å². The molecule has 0 amide bonds. The average Bonchev–Trinajstić information content (AvgIpc) is 3.34. The van der Waals surface area contributed by atoms with Gasteiger partial charge in [0.25, 0.3) is 0 Å². The molecule has 1 saturated heterocycles. The topological polar surface area (TPSA) is 71.7 Å². The molecule has 2 aliphatic carbocycles. The second-order valence-electron chi connectivity index (χ2n) is 10.0. The number of thioether (sulfide) groups is 1. The summed E-state index contributed by atoms with van der Waals surface area (Å²) in [6, 6.07) is 9.44. The molecule has 0 aromatic heterocycles. The van der Waals surface area contributed by atoms with Crippen molar-refractivity contribution in [1.82, 2.24) is 5.32 Å². The van der Waals surface area contributed by atoms with E-state index >= 15 is 0 Å². The Balaban J connectivity index is 1.31. The second kappa shape index (κ2) is 12.3. The third kappa shape index (κ3) is 7.13. The quantitative estimate of drug-likeness (QED) is 0.289. The predicted octanol–water partition coefficient (Wildman–Crippen LogP) is 5.41. The summed E-state index contributed by atoms with van der Waals surface area (Å²) in [6.07, 6.45) is 16.4. The first-order chi connectivity index (χ1) is 15.7. The number of para-hydroxylation sites is 1. The first kappa shape index (κ1) is 23.9. The summed E-state index contributed by atoms with van der Waals surface area (Å²) in [6.45, 7) is 1.61. The summed E-state index contributed by atoms with van der Waals surface area (Å²) in [5.41, 5.74) is 7.23. The van der Waals surface area contributed by atoms with Gasteiger partial charge in [-0.2, -0.15) is 0 Å². The van der Waals surface area contributed by atoms with E-state index in [2.05, 4.69) is 41.2 Å². The first-order valence-corrected chi connectivity index (χ1v) is 14.0. The summed E-state index contributed by atoms with van der Waals surface area (Å²) < 4.78 is 5.81. The minimum atomic E-state index is 0.267. The lowest BCUT2D eigenvalue weighted by atomic mass is 9.76. The van der Waals surface area contributed by atoms with Crippen LogP contribution in [-0.4, -0.2) is 43.6 Å². The third-order valence-corrected chi connectivity index (χ3v) is 8.38. The Bertz CT molecular complexity index is 720.